The SMILES string of the molecule is O=C(Nc1ccc(Nc2ccccc2C(F)(F)F)cc1)c1c(F)cccc1F. The lowest BCUT2D eigenvalue weighted by Crippen LogP contribution is -2.15. The molecule has 0 aliphatic heterocycles. The molecule has 3 nitrogen and oxygen atoms in total. The average Bonchev–Trinajstić information content (AvgIpc) is 2.63. The van der Waals surface area contributed by atoms with Crippen LogP contribution >= 0.6 is 0 Å². The monoisotopic (exact) mass is 392 g/mol. The van der Waals surface area contributed by atoms with Gasteiger partial charge in [-0.1, -0.05) is 18.2 Å². The zero-order valence-corrected chi connectivity index (χ0v) is 14.1. The third-order valence-electron chi connectivity index (χ3n) is 3.84. The molecule has 0 heterocycles. The Bertz CT molecular complexity index is 980. The molecule has 144 valence electrons. The molecule has 0 aliphatic rings. The summed E-state index contributed by atoms with van der Waals surface area (Å²) in [6, 6.07) is 13.7. The van der Waals surface area contributed by atoms with Crippen molar-refractivity contribution >= 4 is 23.0 Å². The minimum atomic E-state index is -4.51. The number of hydrogen-bond acceptors (Lipinski definition) is 2. The van der Waals surface area contributed by atoms with Gasteiger partial charge in [0.2, 0.25) is 0 Å². The summed E-state index contributed by atoms with van der Waals surface area (Å²) in [5.74, 6) is -2.97. The fraction of sp³-hybridized carbons (Fsp3) is 0.0500. The fourth-order valence-corrected chi connectivity index (χ4v) is 2.54. The Morgan fingerprint density at radius 1 is 0.750 bits per heavy atom. The molecule has 0 unspecified atom stereocenters. The maximum Gasteiger partial charge on any atom is 0.418 e. The third kappa shape index (κ3) is 4.28. The topological polar surface area (TPSA) is 41.1 Å². The van der Waals surface area contributed by atoms with Gasteiger partial charge >= 0.3 is 6.18 Å². The number of nitrogens with one attached hydrogen (secondary N) is 2. The van der Waals surface area contributed by atoms with Crippen LogP contribution in [0.2, 0.25) is 0 Å². The van der Waals surface area contributed by atoms with Crippen molar-refractivity contribution in [1.82, 2.24) is 0 Å². The molecule has 0 saturated carbocycles. The van der Waals surface area contributed by atoms with Crippen molar-refractivity contribution in [2.24, 2.45) is 0 Å². The van der Waals surface area contributed by atoms with Gasteiger partial charge in [0.25, 0.3) is 5.91 Å². The van der Waals surface area contributed by atoms with Crippen molar-refractivity contribution in [3.63, 3.8) is 0 Å². The summed E-state index contributed by atoms with van der Waals surface area (Å²) in [5.41, 5.74) is -1.10. The van der Waals surface area contributed by atoms with E-state index in [-0.39, 0.29) is 11.4 Å². The molecule has 1 amide bonds. The Kier molecular flexibility index (Phi) is 5.30. The van der Waals surface area contributed by atoms with Crippen molar-refractivity contribution in [3.05, 3.63) is 89.5 Å². The third-order valence-corrected chi connectivity index (χ3v) is 3.84. The van der Waals surface area contributed by atoms with Gasteiger partial charge in [-0.3, -0.25) is 4.79 Å². The Balaban J connectivity index is 1.76. The first-order valence-corrected chi connectivity index (χ1v) is 8.04. The Morgan fingerprint density at radius 2 is 1.32 bits per heavy atom. The van der Waals surface area contributed by atoms with Crippen LogP contribution in [0.4, 0.5) is 39.0 Å². The van der Waals surface area contributed by atoms with Gasteiger partial charge in [-0.15, -0.1) is 0 Å². The highest BCUT2D eigenvalue weighted by atomic mass is 19.4. The standard InChI is InChI=1S/C20H13F5N2O/c21-15-5-3-6-16(22)18(15)19(28)27-13-10-8-12(9-11-13)26-17-7-2-1-4-14(17)20(23,24)25/h1-11,26H,(H,27,28). The van der Waals surface area contributed by atoms with E-state index in [4.69, 9.17) is 0 Å². The Morgan fingerprint density at radius 3 is 1.93 bits per heavy atom. The van der Waals surface area contributed by atoms with E-state index in [0.29, 0.717) is 5.69 Å². The number of para-hydroxylation sites is 1. The largest absolute Gasteiger partial charge is 0.418 e. The highest BCUT2D eigenvalue weighted by Gasteiger charge is 2.33. The van der Waals surface area contributed by atoms with E-state index in [1.165, 1.54) is 42.5 Å². The van der Waals surface area contributed by atoms with E-state index in [1.54, 1.807) is 0 Å². The maximum absolute atomic E-state index is 13.6. The van der Waals surface area contributed by atoms with Crippen LogP contribution < -0.4 is 10.6 Å². The molecule has 28 heavy (non-hydrogen) atoms. The average molecular weight is 392 g/mol. The summed E-state index contributed by atoms with van der Waals surface area (Å²) in [7, 11) is 0. The quantitative estimate of drug-likeness (QED) is 0.537. The summed E-state index contributed by atoms with van der Waals surface area (Å²) in [6.45, 7) is 0. The number of rotatable bonds is 4. The smallest absolute Gasteiger partial charge is 0.355 e. The predicted octanol–water partition coefficient (Wildman–Crippen LogP) is 5.98. The molecule has 0 aromatic heterocycles. The first-order chi connectivity index (χ1) is 13.3. The van der Waals surface area contributed by atoms with Crippen LogP contribution in [0, 0.1) is 11.6 Å². The van der Waals surface area contributed by atoms with Gasteiger partial charge in [0.05, 0.1) is 11.3 Å². The highest BCUT2D eigenvalue weighted by molar-refractivity contribution is 6.04. The molecule has 8 heteroatoms. The van der Waals surface area contributed by atoms with E-state index in [2.05, 4.69) is 10.6 Å². The molecule has 0 radical (unpaired) electrons. The van der Waals surface area contributed by atoms with Crippen LogP contribution in [0.15, 0.2) is 66.7 Å². The molecule has 3 aromatic rings. The van der Waals surface area contributed by atoms with E-state index in [0.717, 1.165) is 24.3 Å². The number of benzene rings is 3. The maximum atomic E-state index is 13.6. The molecule has 0 spiro atoms. The summed E-state index contributed by atoms with van der Waals surface area (Å²) in [6.07, 6.45) is -4.51. The second-order valence-corrected chi connectivity index (χ2v) is 5.80. The molecular weight excluding hydrogens is 379 g/mol. The van der Waals surface area contributed by atoms with Crippen LogP contribution in [-0.4, -0.2) is 5.91 Å². The summed E-state index contributed by atoms with van der Waals surface area (Å²) in [4.78, 5) is 12.1. The normalized spacial score (nSPS) is 11.2. The number of hydrogen-bond donors (Lipinski definition) is 2. The minimum absolute atomic E-state index is 0.125. The fourth-order valence-electron chi connectivity index (χ4n) is 2.54. The minimum Gasteiger partial charge on any atom is -0.355 e. The number of carbonyl (C=O) groups excluding carboxylic acids is 1. The van der Waals surface area contributed by atoms with Gasteiger partial charge in [-0.05, 0) is 48.5 Å². The molecule has 3 rings (SSSR count). The van der Waals surface area contributed by atoms with Crippen molar-refractivity contribution in [2.75, 3.05) is 10.6 Å². The zero-order chi connectivity index (χ0) is 20.3. The van der Waals surface area contributed by atoms with Gasteiger partial charge in [-0.25, -0.2) is 8.78 Å². The van der Waals surface area contributed by atoms with Crippen molar-refractivity contribution in [3.8, 4) is 0 Å². The van der Waals surface area contributed by atoms with Gasteiger partial charge in [0, 0.05) is 11.4 Å². The first-order valence-electron chi connectivity index (χ1n) is 8.04. The number of alkyl halides is 3. The second-order valence-electron chi connectivity index (χ2n) is 5.80. The van der Waals surface area contributed by atoms with Crippen LogP contribution in [0.5, 0.6) is 0 Å². The second kappa shape index (κ2) is 7.67. The van der Waals surface area contributed by atoms with Crippen molar-refractivity contribution in [2.45, 2.75) is 6.18 Å². The molecule has 0 aliphatic carbocycles. The number of anilines is 3. The Labute approximate surface area is 156 Å². The molecule has 0 saturated heterocycles. The van der Waals surface area contributed by atoms with Crippen molar-refractivity contribution in [1.29, 1.82) is 0 Å². The molecule has 3 aromatic carbocycles. The zero-order valence-electron chi connectivity index (χ0n) is 14.1. The van der Waals surface area contributed by atoms with Gasteiger partial charge < -0.3 is 10.6 Å². The number of carbonyl (C=O) groups is 1. The summed E-state index contributed by atoms with van der Waals surface area (Å²) >= 11 is 0. The summed E-state index contributed by atoms with van der Waals surface area (Å²) in [5, 5.41) is 5.00. The van der Waals surface area contributed by atoms with E-state index >= 15 is 0 Å². The lowest BCUT2D eigenvalue weighted by Gasteiger charge is -2.14. The van der Waals surface area contributed by atoms with E-state index in [9.17, 15) is 26.7 Å². The molecule has 2 N–H and O–H groups in total. The van der Waals surface area contributed by atoms with E-state index < -0.39 is 34.8 Å². The van der Waals surface area contributed by atoms with E-state index in [1.807, 2.05) is 0 Å². The van der Waals surface area contributed by atoms with Crippen LogP contribution in [-0.2, 0) is 6.18 Å². The lowest BCUT2D eigenvalue weighted by molar-refractivity contribution is -0.136. The first kappa shape index (κ1) is 19.3. The molecule has 0 fully saturated rings. The van der Waals surface area contributed by atoms with Crippen molar-refractivity contribution < 1.29 is 26.7 Å². The van der Waals surface area contributed by atoms with Gasteiger partial charge in [0.15, 0.2) is 0 Å². The molecular formula is C20H13F5N2O. The number of halogens is 5. The van der Waals surface area contributed by atoms with Crippen LogP contribution in [0.1, 0.15) is 15.9 Å². The van der Waals surface area contributed by atoms with Gasteiger partial charge in [-0.2, -0.15) is 13.2 Å². The predicted molar refractivity (Wildman–Crippen MR) is 95.5 cm³/mol. The summed E-state index contributed by atoms with van der Waals surface area (Å²) < 4.78 is 66.4. The molecule has 0 atom stereocenters. The van der Waals surface area contributed by atoms with Crippen LogP contribution in [0.25, 0.3) is 0 Å². The number of amides is 1. The highest BCUT2D eigenvalue weighted by Crippen LogP contribution is 2.35. The lowest BCUT2D eigenvalue weighted by atomic mass is 10.1. The van der Waals surface area contributed by atoms with Crippen LogP contribution in [0.3, 0.4) is 0 Å². The molecule has 0 bridgehead atoms. The Hall–Kier alpha value is -3.42. The van der Waals surface area contributed by atoms with Gasteiger partial charge in [0.1, 0.15) is 17.2 Å².